The van der Waals surface area contributed by atoms with E-state index in [1.165, 1.54) is 0 Å². The number of amidine groups is 1. The number of hydrogen-bond acceptors (Lipinski definition) is 5. The number of nitrogens with zero attached hydrogens (tertiary/aromatic N) is 4. The van der Waals surface area contributed by atoms with Gasteiger partial charge in [-0.2, -0.15) is 0 Å². The average Bonchev–Trinajstić information content (AvgIpc) is 3.42. The Labute approximate surface area is 204 Å². The molecule has 1 aromatic heterocycles. The molecule has 3 aliphatic rings. The summed E-state index contributed by atoms with van der Waals surface area (Å²) in [6, 6.07) is 11.3. The van der Waals surface area contributed by atoms with Gasteiger partial charge in [0.2, 0.25) is 5.72 Å². The molecule has 6 rings (SSSR count). The molecule has 0 amide bonds. The molecule has 1 aliphatic carbocycles. The van der Waals surface area contributed by atoms with E-state index in [0.29, 0.717) is 0 Å². The summed E-state index contributed by atoms with van der Waals surface area (Å²) in [5, 5.41) is 4.60. The lowest BCUT2D eigenvalue weighted by molar-refractivity contribution is -0.113. The number of methoxy groups -OCH3 is 1. The summed E-state index contributed by atoms with van der Waals surface area (Å²) in [6.45, 7) is 2.81. The second-order valence-electron chi connectivity index (χ2n) is 9.58. The zero-order valence-corrected chi connectivity index (χ0v) is 20.1. The molecular formula is C28H29FN4O2. The first-order valence-electron chi connectivity index (χ1n) is 12.3. The lowest BCUT2D eigenvalue weighted by Gasteiger charge is -2.40. The molecule has 180 valence electrons. The van der Waals surface area contributed by atoms with E-state index in [1.54, 1.807) is 25.6 Å². The van der Waals surface area contributed by atoms with Gasteiger partial charge >= 0.3 is 0 Å². The Hall–Kier alpha value is -3.61. The van der Waals surface area contributed by atoms with Crippen LogP contribution in [-0.2, 0) is 17.0 Å². The Morgan fingerprint density at radius 1 is 1.11 bits per heavy atom. The molecule has 1 unspecified atom stereocenters. The summed E-state index contributed by atoms with van der Waals surface area (Å²) in [4.78, 5) is 12.9. The zero-order chi connectivity index (χ0) is 24.0. The van der Waals surface area contributed by atoms with Gasteiger partial charge in [-0.25, -0.2) is 9.37 Å². The van der Waals surface area contributed by atoms with Crippen LogP contribution < -0.4 is 4.74 Å². The van der Waals surface area contributed by atoms with E-state index in [9.17, 15) is 4.39 Å². The maximum Gasteiger partial charge on any atom is 0.237 e. The van der Waals surface area contributed by atoms with Crippen LogP contribution in [0, 0.1) is 12.7 Å². The zero-order valence-electron chi connectivity index (χ0n) is 20.1. The number of halogens is 1. The van der Waals surface area contributed by atoms with E-state index in [4.69, 9.17) is 9.57 Å². The summed E-state index contributed by atoms with van der Waals surface area (Å²) in [5.74, 6) is 1.41. The quantitative estimate of drug-likeness (QED) is 0.489. The molecule has 7 heteroatoms. The number of aromatic nitrogens is 2. The Morgan fingerprint density at radius 2 is 2.03 bits per heavy atom. The second-order valence-corrected chi connectivity index (χ2v) is 9.58. The Bertz CT molecular complexity index is 1340. The van der Waals surface area contributed by atoms with E-state index in [0.717, 1.165) is 90.3 Å². The third-order valence-electron chi connectivity index (χ3n) is 7.33. The highest BCUT2D eigenvalue weighted by molar-refractivity contribution is 6.03. The van der Waals surface area contributed by atoms with Gasteiger partial charge in [0.25, 0.3) is 0 Å². The maximum atomic E-state index is 14.3. The summed E-state index contributed by atoms with van der Waals surface area (Å²) in [5.41, 5.74) is 5.43. The predicted molar refractivity (Wildman–Crippen MR) is 133 cm³/mol. The second kappa shape index (κ2) is 8.56. The molecule has 0 bridgehead atoms. The standard InChI is InChI=1S/C28H29FN4O2/c1-19-17-32(18-30-19)25-11-8-20(15-26(25)34-2)14-22-7-5-13-33-27(22)31-35-28(33)12-4-3-6-21-9-10-23(29)16-24(21)28/h8-11,14-18H,3-7,12-13H2,1-2H3. The molecule has 3 aromatic rings. The number of ether oxygens (including phenoxy) is 1. The minimum Gasteiger partial charge on any atom is -0.495 e. The van der Waals surface area contributed by atoms with Crippen molar-refractivity contribution in [1.82, 2.24) is 14.5 Å². The molecular weight excluding hydrogens is 443 g/mol. The first-order valence-corrected chi connectivity index (χ1v) is 12.3. The van der Waals surface area contributed by atoms with Crippen LogP contribution in [0.15, 0.2) is 59.7 Å². The number of hydrogen-bond donors (Lipinski definition) is 0. The third-order valence-corrected chi connectivity index (χ3v) is 7.33. The van der Waals surface area contributed by atoms with Gasteiger partial charge < -0.3 is 19.0 Å². The summed E-state index contributed by atoms with van der Waals surface area (Å²) in [7, 11) is 1.68. The number of oxime groups is 1. The first-order chi connectivity index (χ1) is 17.1. The van der Waals surface area contributed by atoms with Crippen molar-refractivity contribution in [2.24, 2.45) is 5.16 Å². The first kappa shape index (κ1) is 21.9. The van der Waals surface area contributed by atoms with Gasteiger partial charge in [0.05, 0.1) is 24.8 Å². The van der Waals surface area contributed by atoms with Gasteiger partial charge in [0.1, 0.15) is 11.6 Å². The molecule has 6 nitrogen and oxygen atoms in total. The van der Waals surface area contributed by atoms with Crippen molar-refractivity contribution < 1.29 is 14.0 Å². The number of piperidine rings is 1. The molecule has 1 saturated heterocycles. The van der Waals surface area contributed by atoms with Crippen LogP contribution in [0.1, 0.15) is 54.5 Å². The number of benzene rings is 2. The highest BCUT2D eigenvalue weighted by atomic mass is 19.1. The fourth-order valence-corrected chi connectivity index (χ4v) is 5.65. The maximum absolute atomic E-state index is 14.3. The molecule has 0 radical (unpaired) electrons. The Morgan fingerprint density at radius 3 is 2.86 bits per heavy atom. The fraction of sp³-hybridized carbons (Fsp3) is 0.357. The van der Waals surface area contributed by atoms with Crippen molar-refractivity contribution >= 4 is 11.9 Å². The van der Waals surface area contributed by atoms with Gasteiger partial charge in [0.15, 0.2) is 5.84 Å². The number of imidazole rings is 1. The van der Waals surface area contributed by atoms with Crippen LogP contribution in [0.5, 0.6) is 5.75 Å². The molecule has 0 saturated carbocycles. The van der Waals surface area contributed by atoms with Crippen LogP contribution in [0.25, 0.3) is 11.8 Å². The van der Waals surface area contributed by atoms with E-state index in [1.807, 2.05) is 35.9 Å². The molecule has 1 atom stereocenters. The molecule has 1 spiro atoms. The topological polar surface area (TPSA) is 51.9 Å². The van der Waals surface area contributed by atoms with Gasteiger partial charge in [-0.15, -0.1) is 0 Å². The number of aryl methyl sites for hydroxylation is 2. The smallest absolute Gasteiger partial charge is 0.237 e. The van der Waals surface area contributed by atoms with E-state index in [-0.39, 0.29) is 5.82 Å². The summed E-state index contributed by atoms with van der Waals surface area (Å²) in [6.07, 6.45) is 11.7. The van der Waals surface area contributed by atoms with E-state index in [2.05, 4.69) is 27.2 Å². The van der Waals surface area contributed by atoms with Crippen molar-refractivity contribution in [3.05, 3.63) is 82.7 Å². The molecule has 35 heavy (non-hydrogen) atoms. The number of fused-ring (bicyclic) bond motifs is 4. The minimum absolute atomic E-state index is 0.227. The van der Waals surface area contributed by atoms with Crippen LogP contribution in [0.3, 0.4) is 0 Å². The van der Waals surface area contributed by atoms with Crippen LogP contribution >= 0.6 is 0 Å². The molecule has 1 fully saturated rings. The van der Waals surface area contributed by atoms with Crippen molar-refractivity contribution in [2.45, 2.75) is 51.2 Å². The van der Waals surface area contributed by atoms with Crippen molar-refractivity contribution in [3.8, 4) is 11.4 Å². The van der Waals surface area contributed by atoms with Crippen molar-refractivity contribution in [2.75, 3.05) is 13.7 Å². The van der Waals surface area contributed by atoms with Crippen LogP contribution in [0.4, 0.5) is 4.39 Å². The Kier molecular flexibility index (Phi) is 5.35. The molecule has 2 aromatic carbocycles. The molecule has 2 aliphatic heterocycles. The Balaban J connectivity index is 1.35. The fourth-order valence-electron chi connectivity index (χ4n) is 5.65. The highest BCUT2D eigenvalue weighted by Crippen LogP contribution is 2.46. The molecule has 0 N–H and O–H groups in total. The van der Waals surface area contributed by atoms with E-state index >= 15 is 0 Å². The van der Waals surface area contributed by atoms with Gasteiger partial charge in [-0.1, -0.05) is 17.3 Å². The van der Waals surface area contributed by atoms with Crippen molar-refractivity contribution in [1.29, 1.82) is 0 Å². The largest absolute Gasteiger partial charge is 0.495 e. The normalized spacial score (nSPS) is 22.4. The minimum atomic E-state index is -0.719. The lowest BCUT2D eigenvalue weighted by Crippen LogP contribution is -2.49. The monoisotopic (exact) mass is 472 g/mol. The molecule has 3 heterocycles. The van der Waals surface area contributed by atoms with E-state index < -0.39 is 5.72 Å². The summed E-state index contributed by atoms with van der Waals surface area (Å²) < 4.78 is 22.0. The van der Waals surface area contributed by atoms with Crippen LogP contribution in [0.2, 0.25) is 0 Å². The average molecular weight is 473 g/mol. The predicted octanol–water partition coefficient (Wildman–Crippen LogP) is 5.73. The number of rotatable bonds is 3. The third kappa shape index (κ3) is 3.70. The van der Waals surface area contributed by atoms with Gasteiger partial charge in [0, 0.05) is 24.7 Å². The summed E-state index contributed by atoms with van der Waals surface area (Å²) >= 11 is 0. The van der Waals surface area contributed by atoms with Crippen LogP contribution in [-0.4, -0.2) is 33.9 Å². The highest BCUT2D eigenvalue weighted by Gasteiger charge is 2.50. The van der Waals surface area contributed by atoms with Gasteiger partial charge in [-0.05, 0) is 86.1 Å². The van der Waals surface area contributed by atoms with Crippen molar-refractivity contribution in [3.63, 3.8) is 0 Å². The lowest BCUT2D eigenvalue weighted by atomic mass is 9.90. The SMILES string of the molecule is COc1cc(C=C2CCCN3C2=NOC32CCCCc3ccc(F)cc32)ccc1-n1cnc(C)c1. The van der Waals surface area contributed by atoms with Gasteiger partial charge in [-0.3, -0.25) is 0 Å².